The van der Waals surface area contributed by atoms with Crippen molar-refractivity contribution in [2.45, 2.75) is 6.92 Å². The molecule has 9 heavy (non-hydrogen) atoms. The maximum atomic E-state index is 10.2. The fourth-order valence-corrected chi connectivity index (χ4v) is 0.252. The van der Waals surface area contributed by atoms with Crippen molar-refractivity contribution in [1.29, 1.82) is 0 Å². The highest BCUT2D eigenvalue weighted by atomic mass is 16.3. The van der Waals surface area contributed by atoms with Gasteiger partial charge in [0.25, 0.3) is 0 Å². The number of aliphatic hydroxyl groups is 2. The first-order chi connectivity index (χ1) is 4.18. The second-order valence-electron chi connectivity index (χ2n) is 1.45. The second-order valence-corrected chi connectivity index (χ2v) is 1.45. The van der Waals surface area contributed by atoms with Crippen molar-refractivity contribution in [3.63, 3.8) is 0 Å². The third kappa shape index (κ3) is 3.34. The Bertz CT molecular complexity index is 156. The Kier molecular flexibility index (Phi) is 3.20. The predicted molar refractivity (Wildman–Crippen MR) is 33.2 cm³/mol. The van der Waals surface area contributed by atoms with Gasteiger partial charge in [0.15, 0.2) is 11.5 Å². The fraction of sp³-hybridized carbons (Fsp3) is 0.167. The van der Waals surface area contributed by atoms with E-state index in [1.807, 2.05) is 0 Å². The molecule has 0 unspecified atom stereocenters. The smallest absolute Gasteiger partial charge is 0.194 e. The molecule has 0 rings (SSSR count). The molecule has 0 bridgehead atoms. The lowest BCUT2D eigenvalue weighted by Crippen LogP contribution is -1.92. The minimum Gasteiger partial charge on any atom is -0.516 e. The third-order valence-electron chi connectivity index (χ3n) is 0.701. The van der Waals surface area contributed by atoms with Crippen molar-refractivity contribution in [3.05, 3.63) is 24.2 Å². The minimum absolute atomic E-state index is 0.361. The number of carbonyl (C=O) groups excluding carboxylic acids is 1. The van der Waals surface area contributed by atoms with Crippen LogP contribution in [-0.2, 0) is 4.79 Å². The highest BCUT2D eigenvalue weighted by Gasteiger charge is 1.94. The van der Waals surface area contributed by atoms with E-state index in [0.29, 0.717) is 0 Å². The quantitative estimate of drug-likeness (QED) is 0.332. The molecule has 0 radical (unpaired) electrons. The first-order valence-electron chi connectivity index (χ1n) is 2.39. The summed E-state index contributed by atoms with van der Waals surface area (Å²) in [7, 11) is 0. The first kappa shape index (κ1) is 7.75. The van der Waals surface area contributed by atoms with E-state index in [9.17, 15) is 4.79 Å². The Morgan fingerprint density at radius 1 is 1.56 bits per heavy atom. The molecule has 0 saturated carbocycles. The zero-order valence-corrected chi connectivity index (χ0v) is 5.03. The highest BCUT2D eigenvalue weighted by molar-refractivity contribution is 5.90. The molecule has 0 aliphatic rings. The molecular weight excluding hydrogens is 120 g/mol. The van der Waals surface area contributed by atoms with E-state index in [2.05, 4.69) is 0 Å². The van der Waals surface area contributed by atoms with E-state index in [-0.39, 0.29) is 5.76 Å². The summed E-state index contributed by atoms with van der Waals surface area (Å²) >= 11 is 0. The molecule has 0 heterocycles. The van der Waals surface area contributed by atoms with Gasteiger partial charge in [-0.1, -0.05) is 0 Å². The van der Waals surface area contributed by atoms with E-state index in [1.165, 1.54) is 6.92 Å². The molecule has 50 valence electrons. The molecule has 0 aliphatic carbocycles. The van der Waals surface area contributed by atoms with Crippen LogP contribution in [0.15, 0.2) is 24.2 Å². The molecule has 3 nitrogen and oxygen atoms in total. The van der Waals surface area contributed by atoms with Gasteiger partial charge in [0.2, 0.25) is 0 Å². The van der Waals surface area contributed by atoms with Gasteiger partial charge in [0, 0.05) is 6.92 Å². The Balaban J connectivity index is 4.00. The van der Waals surface area contributed by atoms with Crippen molar-refractivity contribution in [3.8, 4) is 0 Å². The van der Waals surface area contributed by atoms with E-state index in [4.69, 9.17) is 10.2 Å². The van der Waals surface area contributed by atoms with Crippen molar-refractivity contribution in [1.82, 2.24) is 0 Å². The number of hydrogen-bond acceptors (Lipinski definition) is 3. The molecule has 0 aromatic carbocycles. The van der Waals surface area contributed by atoms with Crippen molar-refractivity contribution >= 4 is 5.78 Å². The molecule has 0 amide bonds. The van der Waals surface area contributed by atoms with Crippen LogP contribution in [0.5, 0.6) is 0 Å². The van der Waals surface area contributed by atoms with Crippen LogP contribution in [0.2, 0.25) is 0 Å². The lowest BCUT2D eigenvalue weighted by Gasteiger charge is -1.86. The SMILES string of the molecule is CC(=O)/C(O)=C\C=C\O. The standard InChI is InChI=1S/C6H8O3/c1-5(8)6(9)3-2-4-7/h2-4,7,9H,1H3/b4-2+,6-3+. The summed E-state index contributed by atoms with van der Waals surface area (Å²) in [6, 6.07) is 0. The average molecular weight is 128 g/mol. The molecule has 0 aliphatic heterocycles. The van der Waals surface area contributed by atoms with E-state index < -0.39 is 5.78 Å². The summed E-state index contributed by atoms with van der Waals surface area (Å²) in [5, 5.41) is 16.7. The zero-order chi connectivity index (χ0) is 7.28. The van der Waals surface area contributed by atoms with Crippen molar-refractivity contribution < 1.29 is 15.0 Å². The molecule has 2 N–H and O–H groups in total. The maximum absolute atomic E-state index is 10.2. The van der Waals surface area contributed by atoms with Gasteiger partial charge in [-0.15, -0.1) is 0 Å². The number of rotatable bonds is 2. The summed E-state index contributed by atoms with van der Waals surface area (Å²) in [5.74, 6) is -0.784. The molecule has 0 atom stereocenters. The number of ketones is 1. The number of Topliss-reactive ketones (excluding diaryl/α,β-unsaturated/α-hetero) is 1. The molecule has 3 heteroatoms. The van der Waals surface area contributed by atoms with Crippen LogP contribution < -0.4 is 0 Å². The fourth-order valence-electron chi connectivity index (χ4n) is 0.252. The van der Waals surface area contributed by atoms with Crippen LogP contribution in [0.1, 0.15) is 6.92 Å². The van der Waals surface area contributed by atoms with E-state index >= 15 is 0 Å². The lowest BCUT2D eigenvalue weighted by atomic mass is 10.3. The number of hydrogen-bond donors (Lipinski definition) is 2. The first-order valence-corrected chi connectivity index (χ1v) is 2.39. The summed E-state index contributed by atoms with van der Waals surface area (Å²) in [6.45, 7) is 1.23. The predicted octanol–water partition coefficient (Wildman–Crippen LogP) is 1.09. The molecular formula is C6H8O3. The normalized spacial score (nSPS) is 12.3. The van der Waals surface area contributed by atoms with Gasteiger partial charge in [-0.2, -0.15) is 0 Å². The van der Waals surface area contributed by atoms with Gasteiger partial charge in [0.1, 0.15) is 0 Å². The summed E-state index contributed by atoms with van der Waals surface area (Å²) in [6.07, 6.45) is 3.01. The Hall–Kier alpha value is -1.25. The Morgan fingerprint density at radius 3 is 2.44 bits per heavy atom. The number of carbonyl (C=O) groups is 1. The van der Waals surface area contributed by atoms with Crippen molar-refractivity contribution in [2.75, 3.05) is 0 Å². The van der Waals surface area contributed by atoms with E-state index in [1.54, 1.807) is 0 Å². The highest BCUT2D eigenvalue weighted by Crippen LogP contribution is 1.88. The molecule has 0 spiro atoms. The second kappa shape index (κ2) is 3.72. The number of allylic oxidation sites excluding steroid dienone is 3. The monoisotopic (exact) mass is 128 g/mol. The van der Waals surface area contributed by atoms with Crippen LogP contribution in [0.25, 0.3) is 0 Å². The molecule has 0 aromatic rings. The van der Waals surface area contributed by atoms with Crippen LogP contribution >= 0.6 is 0 Å². The largest absolute Gasteiger partial charge is 0.516 e. The van der Waals surface area contributed by atoms with Gasteiger partial charge in [-0.25, -0.2) is 0 Å². The van der Waals surface area contributed by atoms with Crippen LogP contribution in [0.4, 0.5) is 0 Å². The van der Waals surface area contributed by atoms with E-state index in [0.717, 1.165) is 18.4 Å². The van der Waals surface area contributed by atoms with Crippen LogP contribution in [0, 0.1) is 0 Å². The summed E-state index contributed by atoms with van der Waals surface area (Å²) in [5.41, 5.74) is 0. The van der Waals surface area contributed by atoms with Gasteiger partial charge < -0.3 is 10.2 Å². The van der Waals surface area contributed by atoms with Gasteiger partial charge in [-0.05, 0) is 12.2 Å². The topological polar surface area (TPSA) is 57.5 Å². The van der Waals surface area contributed by atoms with Gasteiger partial charge >= 0.3 is 0 Å². The zero-order valence-electron chi connectivity index (χ0n) is 5.03. The maximum Gasteiger partial charge on any atom is 0.194 e. The van der Waals surface area contributed by atoms with Crippen molar-refractivity contribution in [2.24, 2.45) is 0 Å². The number of aliphatic hydroxyl groups excluding tert-OH is 2. The Labute approximate surface area is 52.9 Å². The lowest BCUT2D eigenvalue weighted by molar-refractivity contribution is -0.115. The molecule has 0 fully saturated rings. The molecule has 0 saturated heterocycles. The third-order valence-corrected chi connectivity index (χ3v) is 0.701. The Morgan fingerprint density at radius 2 is 2.11 bits per heavy atom. The van der Waals surface area contributed by atoms with Crippen LogP contribution in [0.3, 0.4) is 0 Å². The summed E-state index contributed by atoms with van der Waals surface area (Å²) < 4.78 is 0. The van der Waals surface area contributed by atoms with Gasteiger partial charge in [0.05, 0.1) is 6.26 Å². The van der Waals surface area contributed by atoms with Crippen LogP contribution in [-0.4, -0.2) is 16.0 Å². The molecule has 0 aromatic heterocycles. The minimum atomic E-state index is -0.423. The summed E-state index contributed by atoms with van der Waals surface area (Å²) in [4.78, 5) is 10.2. The van der Waals surface area contributed by atoms with Gasteiger partial charge in [-0.3, -0.25) is 4.79 Å². The average Bonchev–Trinajstić information content (AvgIpc) is 1.82.